The molecule has 4 heteroatoms. The third-order valence-electron chi connectivity index (χ3n) is 3.52. The van der Waals surface area contributed by atoms with Crippen molar-refractivity contribution in [1.82, 2.24) is 5.32 Å². The lowest BCUT2D eigenvalue weighted by Gasteiger charge is -2.31. The van der Waals surface area contributed by atoms with Crippen LogP contribution >= 0.6 is 27.5 Å². The highest BCUT2D eigenvalue weighted by atomic mass is 79.9. The van der Waals surface area contributed by atoms with Gasteiger partial charge in [-0.1, -0.05) is 54.4 Å². The van der Waals surface area contributed by atoms with Gasteiger partial charge in [-0.05, 0) is 49.9 Å². The summed E-state index contributed by atoms with van der Waals surface area (Å²) < 4.78 is 7.00. The van der Waals surface area contributed by atoms with Crippen LogP contribution in [0.3, 0.4) is 0 Å². The largest absolute Gasteiger partial charge is 0.377 e. The molecule has 0 saturated carbocycles. The summed E-state index contributed by atoms with van der Waals surface area (Å²) in [6.45, 7) is 10.4. The number of halogens is 2. The Balaban J connectivity index is 2.89. The third kappa shape index (κ3) is 6.27. The Morgan fingerprint density at radius 3 is 2.52 bits per heavy atom. The molecule has 0 radical (unpaired) electrons. The molecule has 1 aromatic rings. The van der Waals surface area contributed by atoms with E-state index < -0.39 is 0 Å². The maximum Gasteiger partial charge on any atom is 0.0753 e. The summed E-state index contributed by atoms with van der Waals surface area (Å²) in [6.07, 6.45) is 2.19. The summed E-state index contributed by atoms with van der Waals surface area (Å²) in [5.41, 5.74) is 1.17. The molecule has 0 fully saturated rings. The SMILES string of the molecule is CCCNC(Cc1ccc(Br)cc1Cl)C(OCC)C(C)C. The molecule has 0 aliphatic rings. The predicted octanol–water partition coefficient (Wildman–Crippen LogP) is 5.07. The molecule has 0 bridgehead atoms. The van der Waals surface area contributed by atoms with Crippen LogP contribution in [0, 0.1) is 5.92 Å². The molecule has 0 aliphatic heterocycles. The van der Waals surface area contributed by atoms with Gasteiger partial charge in [-0.2, -0.15) is 0 Å². The van der Waals surface area contributed by atoms with Crippen LogP contribution in [-0.4, -0.2) is 25.3 Å². The molecule has 0 amide bonds. The van der Waals surface area contributed by atoms with Crippen molar-refractivity contribution in [3.63, 3.8) is 0 Å². The Hall–Kier alpha value is -0.0900. The van der Waals surface area contributed by atoms with Gasteiger partial charge in [0.15, 0.2) is 0 Å². The van der Waals surface area contributed by atoms with E-state index in [0.29, 0.717) is 5.92 Å². The van der Waals surface area contributed by atoms with E-state index in [4.69, 9.17) is 16.3 Å². The molecule has 1 aromatic carbocycles. The predicted molar refractivity (Wildman–Crippen MR) is 95.2 cm³/mol. The minimum atomic E-state index is 0.196. The Labute approximate surface area is 142 Å². The van der Waals surface area contributed by atoms with Crippen LogP contribution in [0.15, 0.2) is 22.7 Å². The summed E-state index contributed by atoms with van der Waals surface area (Å²) in [5.74, 6) is 0.466. The molecule has 0 aliphatic carbocycles. The van der Waals surface area contributed by atoms with E-state index in [0.717, 1.165) is 35.5 Å². The van der Waals surface area contributed by atoms with Crippen molar-refractivity contribution in [2.24, 2.45) is 5.92 Å². The summed E-state index contributed by atoms with van der Waals surface area (Å²) >= 11 is 9.83. The first-order valence-electron chi connectivity index (χ1n) is 7.78. The van der Waals surface area contributed by atoms with Crippen molar-refractivity contribution in [2.75, 3.05) is 13.2 Å². The second-order valence-electron chi connectivity index (χ2n) is 5.66. The monoisotopic (exact) mass is 375 g/mol. The third-order valence-corrected chi connectivity index (χ3v) is 4.37. The van der Waals surface area contributed by atoms with Crippen molar-refractivity contribution in [2.45, 2.75) is 52.7 Å². The van der Waals surface area contributed by atoms with Crippen molar-refractivity contribution in [3.05, 3.63) is 33.3 Å². The summed E-state index contributed by atoms with van der Waals surface area (Å²) in [7, 11) is 0. The van der Waals surface area contributed by atoms with E-state index in [1.165, 1.54) is 5.56 Å². The van der Waals surface area contributed by atoms with Gasteiger partial charge in [0.05, 0.1) is 6.10 Å². The van der Waals surface area contributed by atoms with Crippen molar-refractivity contribution in [1.29, 1.82) is 0 Å². The lowest BCUT2D eigenvalue weighted by Crippen LogP contribution is -2.46. The second kappa shape index (κ2) is 9.83. The first-order chi connectivity index (χ1) is 9.99. The zero-order valence-corrected chi connectivity index (χ0v) is 15.8. The number of hydrogen-bond acceptors (Lipinski definition) is 2. The number of rotatable bonds is 9. The lowest BCUT2D eigenvalue weighted by molar-refractivity contribution is 0.00362. The van der Waals surface area contributed by atoms with Gasteiger partial charge in [-0.3, -0.25) is 0 Å². The van der Waals surface area contributed by atoms with Gasteiger partial charge in [0.2, 0.25) is 0 Å². The van der Waals surface area contributed by atoms with Gasteiger partial charge in [0.1, 0.15) is 0 Å². The van der Waals surface area contributed by atoms with Gasteiger partial charge >= 0.3 is 0 Å². The van der Waals surface area contributed by atoms with Crippen LogP contribution in [0.1, 0.15) is 39.7 Å². The topological polar surface area (TPSA) is 21.3 Å². The van der Waals surface area contributed by atoms with Crippen LogP contribution in [-0.2, 0) is 11.2 Å². The molecule has 1 N–H and O–H groups in total. The van der Waals surface area contributed by atoms with Gasteiger partial charge in [-0.15, -0.1) is 0 Å². The van der Waals surface area contributed by atoms with Crippen LogP contribution in [0.25, 0.3) is 0 Å². The zero-order valence-electron chi connectivity index (χ0n) is 13.5. The van der Waals surface area contributed by atoms with Gasteiger partial charge in [-0.25, -0.2) is 0 Å². The van der Waals surface area contributed by atoms with Crippen molar-refractivity contribution in [3.8, 4) is 0 Å². The smallest absolute Gasteiger partial charge is 0.0753 e. The fourth-order valence-corrected chi connectivity index (χ4v) is 3.27. The van der Waals surface area contributed by atoms with E-state index >= 15 is 0 Å². The van der Waals surface area contributed by atoms with Crippen LogP contribution in [0.5, 0.6) is 0 Å². The number of hydrogen-bond donors (Lipinski definition) is 1. The van der Waals surface area contributed by atoms with Crippen molar-refractivity contribution < 1.29 is 4.74 Å². The fraction of sp³-hybridized carbons (Fsp3) is 0.647. The first kappa shape index (κ1) is 19.0. The molecule has 2 unspecified atom stereocenters. The molecule has 1 rings (SSSR count). The average Bonchev–Trinajstić information content (AvgIpc) is 2.43. The first-order valence-corrected chi connectivity index (χ1v) is 8.95. The highest BCUT2D eigenvalue weighted by Gasteiger charge is 2.25. The lowest BCUT2D eigenvalue weighted by atomic mass is 9.93. The molecule has 0 aromatic heterocycles. The number of nitrogens with one attached hydrogen (secondary N) is 1. The normalized spacial score (nSPS) is 14.4. The summed E-state index contributed by atoms with van der Waals surface area (Å²) in [4.78, 5) is 0. The zero-order chi connectivity index (χ0) is 15.8. The van der Waals surface area contributed by atoms with Gasteiger partial charge < -0.3 is 10.1 Å². The minimum Gasteiger partial charge on any atom is -0.377 e. The van der Waals surface area contributed by atoms with Crippen LogP contribution in [0.4, 0.5) is 0 Å². The van der Waals surface area contributed by atoms with Gasteiger partial charge in [0.25, 0.3) is 0 Å². The molecule has 0 spiro atoms. The second-order valence-corrected chi connectivity index (χ2v) is 6.99. The number of benzene rings is 1. The summed E-state index contributed by atoms with van der Waals surface area (Å²) in [5, 5.41) is 4.44. The number of ether oxygens (including phenoxy) is 1. The Morgan fingerprint density at radius 1 is 1.29 bits per heavy atom. The van der Waals surface area contributed by atoms with E-state index in [2.05, 4.69) is 55.0 Å². The highest BCUT2D eigenvalue weighted by Crippen LogP contribution is 2.24. The fourth-order valence-electron chi connectivity index (χ4n) is 2.52. The Morgan fingerprint density at radius 2 is 2.00 bits per heavy atom. The summed E-state index contributed by atoms with van der Waals surface area (Å²) in [6, 6.07) is 6.38. The Bertz CT molecular complexity index is 425. The molecule has 120 valence electrons. The highest BCUT2D eigenvalue weighted by molar-refractivity contribution is 9.10. The maximum atomic E-state index is 6.37. The van der Waals surface area contributed by atoms with E-state index in [9.17, 15) is 0 Å². The van der Waals surface area contributed by atoms with Gasteiger partial charge in [0, 0.05) is 22.1 Å². The van der Waals surface area contributed by atoms with E-state index in [-0.39, 0.29) is 12.1 Å². The quantitative estimate of drug-likeness (QED) is 0.649. The minimum absolute atomic E-state index is 0.196. The molecular formula is C17H27BrClNO. The standard InChI is InChI=1S/C17H27BrClNO/c1-5-9-20-16(17(12(3)4)21-6-2)10-13-7-8-14(18)11-15(13)19/h7-8,11-12,16-17,20H,5-6,9-10H2,1-4H3. The van der Waals surface area contributed by atoms with E-state index in [1.807, 2.05) is 12.1 Å². The maximum absolute atomic E-state index is 6.37. The average molecular weight is 377 g/mol. The Kier molecular flexibility index (Phi) is 8.88. The molecule has 0 heterocycles. The molecular weight excluding hydrogens is 350 g/mol. The van der Waals surface area contributed by atoms with E-state index in [1.54, 1.807) is 0 Å². The van der Waals surface area contributed by atoms with Crippen LogP contribution < -0.4 is 5.32 Å². The van der Waals surface area contributed by atoms with Crippen LogP contribution in [0.2, 0.25) is 5.02 Å². The molecule has 0 saturated heterocycles. The molecule has 21 heavy (non-hydrogen) atoms. The molecule has 2 nitrogen and oxygen atoms in total. The van der Waals surface area contributed by atoms with Crippen molar-refractivity contribution >= 4 is 27.5 Å². The molecule has 2 atom stereocenters.